The normalized spacial score (nSPS) is 9.92. The predicted octanol–water partition coefficient (Wildman–Crippen LogP) is -2.08. The lowest BCUT2D eigenvalue weighted by Gasteiger charge is -2.01. The van der Waals surface area contributed by atoms with E-state index >= 15 is 0 Å². The molecule has 0 aliphatic rings. The summed E-state index contributed by atoms with van der Waals surface area (Å²) >= 11 is 0. The Labute approximate surface area is 68.1 Å². The molecule has 0 amide bonds. The van der Waals surface area contributed by atoms with Gasteiger partial charge in [0.1, 0.15) is 0 Å². The highest BCUT2D eigenvalue weighted by molar-refractivity contribution is 7.43. The van der Waals surface area contributed by atoms with Crippen molar-refractivity contribution in [3.05, 3.63) is 18.6 Å². The summed E-state index contributed by atoms with van der Waals surface area (Å²) in [5, 5.41) is 0. The average molecular weight is 193 g/mol. The number of aromatic nitrogens is 2. The molecule has 1 aromatic rings. The van der Waals surface area contributed by atoms with Gasteiger partial charge in [0.05, 0.1) is 6.20 Å². The van der Waals surface area contributed by atoms with E-state index in [0.717, 1.165) is 0 Å². The van der Waals surface area contributed by atoms with Gasteiger partial charge in [0, 0.05) is 0 Å². The molecule has 68 valence electrons. The number of hydrogen-bond acceptors (Lipinski definition) is 4. The molecule has 0 atom stereocenters. The largest absolute Gasteiger partial charge is 0.756 e. The summed E-state index contributed by atoms with van der Waals surface area (Å²) in [6.07, 6.45) is 4.94. The molecule has 8 heteroatoms. The molecule has 7 nitrogen and oxygen atoms in total. The van der Waals surface area contributed by atoms with Crippen molar-refractivity contribution in [3.63, 3.8) is 0 Å². The summed E-state index contributed by atoms with van der Waals surface area (Å²) in [6.45, 7) is 0. The summed E-state index contributed by atoms with van der Waals surface area (Å²) in [6, 6.07) is 0. The zero-order valence-corrected chi connectivity index (χ0v) is 6.81. The first-order valence-corrected chi connectivity index (χ1v) is 4.27. The smallest absolute Gasteiger partial charge is 0.262 e. The second-order valence-electron chi connectivity index (χ2n) is 1.67. The average Bonchev–Trinajstić information content (AvgIpc) is 1.85. The maximum Gasteiger partial charge on any atom is 0.262 e. The second kappa shape index (κ2) is 4.78. The second-order valence-corrected chi connectivity index (χ2v) is 2.65. The van der Waals surface area contributed by atoms with Crippen LogP contribution < -0.4 is 15.6 Å². The Bertz CT molecular complexity index is 252. The highest BCUT2D eigenvalue weighted by atomic mass is 31.2. The number of H-pyrrole nitrogens is 1. The van der Waals surface area contributed by atoms with Crippen molar-refractivity contribution in [1.82, 2.24) is 4.98 Å². The lowest BCUT2D eigenvalue weighted by molar-refractivity contribution is -0.377. The summed E-state index contributed by atoms with van der Waals surface area (Å²) in [5.74, 6) is 0.516. The van der Waals surface area contributed by atoms with E-state index in [9.17, 15) is 0 Å². The molecule has 1 heterocycles. The van der Waals surface area contributed by atoms with E-state index in [4.69, 9.17) is 25.0 Å². The Kier molecular flexibility index (Phi) is 4.38. The first kappa shape index (κ1) is 11.0. The standard InChI is InChI=1S/C4H5N3.H3O4P/c5-4-3-6-1-2-7-4;1-5(2,3)4/h1-3H,(H2,5,7);(H3,1,2,3,4). The number of aromatic amines is 1. The quantitative estimate of drug-likeness (QED) is 0.404. The Balaban J connectivity index is 0.000000217. The van der Waals surface area contributed by atoms with Gasteiger partial charge < -0.3 is 20.4 Å². The topological polar surface area (TPSA) is 134 Å². The van der Waals surface area contributed by atoms with Crippen molar-refractivity contribution in [2.24, 2.45) is 0 Å². The first-order chi connectivity index (χ1) is 5.39. The molecule has 5 N–H and O–H groups in total. The highest BCUT2D eigenvalue weighted by Gasteiger charge is 1.82. The van der Waals surface area contributed by atoms with Gasteiger partial charge in [0.25, 0.3) is 7.82 Å². The molecule has 0 saturated heterocycles. The molecule has 0 saturated carbocycles. The van der Waals surface area contributed by atoms with Crippen LogP contribution in [0.25, 0.3) is 0 Å². The van der Waals surface area contributed by atoms with Gasteiger partial charge in [-0.3, -0.25) is 4.57 Å². The summed E-state index contributed by atoms with van der Waals surface area (Å²) < 4.78 is 8.77. The molecule has 0 spiro atoms. The van der Waals surface area contributed by atoms with Gasteiger partial charge in [0.2, 0.25) is 6.20 Å². The van der Waals surface area contributed by atoms with Gasteiger partial charge in [0.15, 0.2) is 12.0 Å². The minimum absolute atomic E-state index is 0.516. The lowest BCUT2D eigenvalue weighted by Crippen LogP contribution is -2.02. The fourth-order valence-electron chi connectivity index (χ4n) is 0.337. The van der Waals surface area contributed by atoms with Crippen LogP contribution in [0.2, 0.25) is 0 Å². The number of nitrogens with two attached hydrogens (primary N) is 1. The fourth-order valence-corrected chi connectivity index (χ4v) is 0.337. The third-order valence-corrected chi connectivity index (χ3v) is 0.626. The molecule has 12 heavy (non-hydrogen) atoms. The van der Waals surface area contributed by atoms with Crippen molar-refractivity contribution in [3.8, 4) is 0 Å². The van der Waals surface area contributed by atoms with E-state index in [0.29, 0.717) is 5.82 Å². The number of nitrogens with one attached hydrogen (secondary N) is 1. The van der Waals surface area contributed by atoms with Crippen LogP contribution in [0.15, 0.2) is 18.6 Å². The van der Waals surface area contributed by atoms with E-state index in [2.05, 4.69) is 9.97 Å². The van der Waals surface area contributed by atoms with Crippen LogP contribution >= 0.6 is 7.82 Å². The predicted molar refractivity (Wildman–Crippen MR) is 37.2 cm³/mol. The van der Waals surface area contributed by atoms with Crippen LogP contribution in [0.3, 0.4) is 0 Å². The Hall–Kier alpha value is -1.01. The Morgan fingerprint density at radius 3 is 2.33 bits per heavy atom. The van der Waals surface area contributed by atoms with Crippen molar-refractivity contribution in [2.45, 2.75) is 0 Å². The van der Waals surface area contributed by atoms with Gasteiger partial charge in [-0.05, 0) is 0 Å². The SMILES string of the molecule is Nc1c[nH+]ccn1.O=P([O-])(O)O. The maximum absolute atomic E-state index is 8.77. The number of anilines is 1. The zero-order chi connectivity index (χ0) is 9.61. The number of nitrogens with zero attached hydrogens (tertiary/aromatic N) is 1. The summed E-state index contributed by atoms with van der Waals surface area (Å²) in [5.41, 5.74) is 5.22. The molecule has 0 aromatic carbocycles. The van der Waals surface area contributed by atoms with Crippen LogP contribution in [-0.4, -0.2) is 14.8 Å². The minimum Gasteiger partial charge on any atom is -0.756 e. The number of rotatable bonds is 0. The fraction of sp³-hybridized carbons (Fsp3) is 0. The van der Waals surface area contributed by atoms with Gasteiger partial charge >= 0.3 is 0 Å². The van der Waals surface area contributed by atoms with E-state index in [-0.39, 0.29) is 0 Å². The Morgan fingerprint density at radius 2 is 2.17 bits per heavy atom. The minimum atomic E-state index is -4.89. The molecule has 0 bridgehead atoms. The summed E-state index contributed by atoms with van der Waals surface area (Å²) in [7, 11) is -4.89. The van der Waals surface area contributed by atoms with Gasteiger partial charge in [-0.25, -0.2) is 9.97 Å². The van der Waals surface area contributed by atoms with Crippen molar-refractivity contribution in [1.29, 1.82) is 0 Å². The van der Waals surface area contributed by atoms with Gasteiger partial charge in [-0.2, -0.15) is 0 Å². The van der Waals surface area contributed by atoms with Crippen molar-refractivity contribution >= 4 is 13.6 Å². The molecule has 1 aromatic heterocycles. The van der Waals surface area contributed by atoms with Crippen LogP contribution in [0.5, 0.6) is 0 Å². The maximum atomic E-state index is 8.77. The van der Waals surface area contributed by atoms with Crippen LogP contribution in [0, 0.1) is 0 Å². The Morgan fingerprint density at radius 1 is 1.67 bits per heavy atom. The third kappa shape index (κ3) is 11.7. The van der Waals surface area contributed by atoms with Crippen LogP contribution in [0.1, 0.15) is 0 Å². The van der Waals surface area contributed by atoms with Crippen LogP contribution in [-0.2, 0) is 4.57 Å². The van der Waals surface area contributed by atoms with Crippen LogP contribution in [0.4, 0.5) is 5.82 Å². The number of nitrogen functional groups attached to an aromatic ring is 1. The molecular formula is C4H8N3O4P. The van der Waals surface area contributed by atoms with E-state index in [1.165, 1.54) is 0 Å². The van der Waals surface area contributed by atoms with Crippen molar-refractivity contribution < 1.29 is 24.2 Å². The molecular weight excluding hydrogens is 185 g/mol. The van der Waals surface area contributed by atoms with Gasteiger partial charge in [-0.15, -0.1) is 0 Å². The first-order valence-electron chi connectivity index (χ1n) is 2.73. The highest BCUT2D eigenvalue weighted by Crippen LogP contribution is 2.18. The lowest BCUT2D eigenvalue weighted by atomic mass is 10.7. The summed E-state index contributed by atoms with van der Waals surface area (Å²) in [4.78, 5) is 29.4. The number of phosphoric acid groups is 1. The molecule has 0 radical (unpaired) electrons. The monoisotopic (exact) mass is 193 g/mol. The van der Waals surface area contributed by atoms with E-state index in [1.54, 1.807) is 18.6 Å². The van der Waals surface area contributed by atoms with Crippen molar-refractivity contribution in [2.75, 3.05) is 5.73 Å². The molecule has 1 rings (SSSR count). The number of hydrogen-bond donors (Lipinski definition) is 3. The zero-order valence-electron chi connectivity index (χ0n) is 5.91. The van der Waals surface area contributed by atoms with Gasteiger partial charge in [-0.1, -0.05) is 0 Å². The molecule has 0 unspecified atom stereocenters. The van der Waals surface area contributed by atoms with E-state index in [1.807, 2.05) is 0 Å². The molecule has 0 aliphatic heterocycles. The molecule has 0 fully saturated rings. The molecule has 0 aliphatic carbocycles. The third-order valence-electron chi connectivity index (χ3n) is 0.626. The van der Waals surface area contributed by atoms with E-state index < -0.39 is 7.82 Å².